The molecule has 0 fully saturated rings. The van der Waals surface area contributed by atoms with Crippen LogP contribution in [-0.4, -0.2) is 30.0 Å². The molecule has 120 valence electrons. The van der Waals surface area contributed by atoms with Crippen molar-refractivity contribution in [1.29, 1.82) is 0 Å². The van der Waals surface area contributed by atoms with Gasteiger partial charge in [-0.2, -0.15) is 0 Å². The normalized spacial score (nSPS) is 11.6. The number of hydrogen-bond donors (Lipinski definition) is 0. The predicted molar refractivity (Wildman–Crippen MR) is 80.1 cm³/mol. The standard InChI is InChI=1S/C15H14N2O6/c1-10(14(18)16(2)11-6-4-3-5-7-11)22-15(19)12-8-9-13(23-12)17(20)21/h3-10H,1-2H3/t10-/m0/s1. The summed E-state index contributed by atoms with van der Waals surface area (Å²) in [5.74, 6) is -2.29. The van der Waals surface area contributed by atoms with E-state index in [4.69, 9.17) is 9.15 Å². The predicted octanol–water partition coefficient (Wildman–Crippen LogP) is 2.40. The third kappa shape index (κ3) is 3.73. The molecular formula is C15H14N2O6. The summed E-state index contributed by atoms with van der Waals surface area (Å²) in [6, 6.07) is 11.0. The second-order valence-electron chi connectivity index (χ2n) is 4.68. The van der Waals surface area contributed by atoms with Crippen molar-refractivity contribution in [3.05, 3.63) is 58.3 Å². The van der Waals surface area contributed by atoms with Crippen molar-refractivity contribution in [2.24, 2.45) is 0 Å². The molecule has 8 heteroatoms. The number of rotatable bonds is 5. The fourth-order valence-corrected chi connectivity index (χ4v) is 1.86. The summed E-state index contributed by atoms with van der Waals surface area (Å²) >= 11 is 0. The first-order valence-electron chi connectivity index (χ1n) is 6.68. The number of amides is 1. The quantitative estimate of drug-likeness (QED) is 0.476. The molecule has 0 radical (unpaired) electrons. The van der Waals surface area contributed by atoms with Crippen molar-refractivity contribution < 1.29 is 23.7 Å². The molecule has 0 aliphatic heterocycles. The first-order valence-corrected chi connectivity index (χ1v) is 6.68. The van der Waals surface area contributed by atoms with Crippen LogP contribution in [0.4, 0.5) is 11.6 Å². The molecule has 0 aliphatic carbocycles. The van der Waals surface area contributed by atoms with Gasteiger partial charge in [0.15, 0.2) is 6.10 Å². The van der Waals surface area contributed by atoms with E-state index in [0.717, 1.165) is 12.1 Å². The van der Waals surface area contributed by atoms with E-state index >= 15 is 0 Å². The molecule has 1 aromatic carbocycles. The molecule has 1 aromatic heterocycles. The fourth-order valence-electron chi connectivity index (χ4n) is 1.86. The smallest absolute Gasteiger partial charge is 0.433 e. The minimum Gasteiger partial charge on any atom is -0.447 e. The lowest BCUT2D eigenvalue weighted by molar-refractivity contribution is -0.402. The molecule has 23 heavy (non-hydrogen) atoms. The Labute approximate surface area is 131 Å². The van der Waals surface area contributed by atoms with Gasteiger partial charge in [-0.3, -0.25) is 14.9 Å². The average molecular weight is 318 g/mol. The van der Waals surface area contributed by atoms with E-state index in [1.807, 2.05) is 6.07 Å². The SMILES string of the molecule is C[C@H](OC(=O)c1ccc([N+](=O)[O-])o1)C(=O)N(C)c1ccccc1. The van der Waals surface area contributed by atoms with Crippen LogP contribution in [0.1, 0.15) is 17.5 Å². The lowest BCUT2D eigenvalue weighted by Gasteiger charge is -2.21. The van der Waals surface area contributed by atoms with Gasteiger partial charge in [-0.15, -0.1) is 0 Å². The van der Waals surface area contributed by atoms with E-state index in [1.54, 1.807) is 31.3 Å². The zero-order valence-corrected chi connectivity index (χ0v) is 12.5. The second kappa shape index (κ2) is 6.73. The van der Waals surface area contributed by atoms with E-state index in [9.17, 15) is 19.7 Å². The van der Waals surface area contributed by atoms with Gasteiger partial charge in [0.2, 0.25) is 5.76 Å². The molecule has 1 atom stereocenters. The lowest BCUT2D eigenvalue weighted by Crippen LogP contribution is -2.37. The minimum atomic E-state index is -1.07. The molecule has 1 heterocycles. The molecule has 0 bridgehead atoms. The van der Waals surface area contributed by atoms with Crippen LogP contribution in [0.2, 0.25) is 0 Å². The van der Waals surface area contributed by atoms with Crippen molar-refractivity contribution in [2.75, 3.05) is 11.9 Å². The van der Waals surface area contributed by atoms with Crippen LogP contribution >= 0.6 is 0 Å². The van der Waals surface area contributed by atoms with Gasteiger partial charge in [-0.1, -0.05) is 18.2 Å². The third-order valence-electron chi connectivity index (χ3n) is 3.08. The van der Waals surface area contributed by atoms with E-state index in [2.05, 4.69) is 0 Å². The monoisotopic (exact) mass is 318 g/mol. The van der Waals surface area contributed by atoms with Crippen LogP contribution in [0.15, 0.2) is 46.9 Å². The summed E-state index contributed by atoms with van der Waals surface area (Å²) in [6.45, 7) is 1.41. The van der Waals surface area contributed by atoms with Crippen molar-refractivity contribution >= 4 is 23.4 Å². The highest BCUT2D eigenvalue weighted by Gasteiger charge is 2.25. The third-order valence-corrected chi connectivity index (χ3v) is 3.08. The number of hydrogen-bond acceptors (Lipinski definition) is 6. The van der Waals surface area contributed by atoms with Crippen molar-refractivity contribution in [1.82, 2.24) is 0 Å². The largest absolute Gasteiger partial charge is 0.447 e. The number of para-hydroxylation sites is 1. The van der Waals surface area contributed by atoms with Gasteiger partial charge in [-0.25, -0.2) is 4.79 Å². The number of likely N-dealkylation sites (N-methyl/N-ethyl adjacent to an activating group) is 1. The van der Waals surface area contributed by atoms with Crippen LogP contribution in [0.5, 0.6) is 0 Å². The highest BCUT2D eigenvalue weighted by atomic mass is 16.7. The van der Waals surface area contributed by atoms with Crippen molar-refractivity contribution in [3.8, 4) is 0 Å². The number of carbonyl (C=O) groups is 2. The maximum Gasteiger partial charge on any atom is 0.433 e. The van der Waals surface area contributed by atoms with Gasteiger partial charge in [0, 0.05) is 12.7 Å². The number of esters is 1. The van der Waals surface area contributed by atoms with Gasteiger partial charge in [-0.05, 0) is 25.1 Å². The zero-order chi connectivity index (χ0) is 17.0. The Hall–Kier alpha value is -3.16. The molecule has 0 unspecified atom stereocenters. The maximum atomic E-state index is 12.2. The number of anilines is 1. The van der Waals surface area contributed by atoms with Gasteiger partial charge in [0.05, 0.1) is 6.07 Å². The number of furan rings is 1. The zero-order valence-electron chi connectivity index (χ0n) is 12.5. The van der Waals surface area contributed by atoms with Crippen LogP contribution in [-0.2, 0) is 9.53 Å². The summed E-state index contributed by atoms with van der Waals surface area (Å²) < 4.78 is 9.72. The molecule has 0 aliphatic rings. The number of ether oxygens (including phenoxy) is 1. The Kier molecular flexibility index (Phi) is 4.75. The van der Waals surface area contributed by atoms with Crippen molar-refractivity contribution in [3.63, 3.8) is 0 Å². The number of nitrogens with zero attached hydrogens (tertiary/aromatic N) is 2. The fraction of sp³-hybridized carbons (Fsp3) is 0.200. The molecular weight excluding hydrogens is 304 g/mol. The molecule has 0 saturated carbocycles. The molecule has 0 N–H and O–H groups in total. The highest BCUT2D eigenvalue weighted by molar-refractivity contribution is 5.98. The molecule has 2 aromatic rings. The minimum absolute atomic E-state index is 0.335. The summed E-state index contributed by atoms with van der Waals surface area (Å²) in [5.41, 5.74) is 0.647. The van der Waals surface area contributed by atoms with E-state index in [0.29, 0.717) is 5.69 Å². The Bertz CT molecular complexity index is 725. The number of carbonyl (C=O) groups excluding carboxylic acids is 2. The Morgan fingerprint density at radius 2 is 1.87 bits per heavy atom. The van der Waals surface area contributed by atoms with Crippen LogP contribution in [0.3, 0.4) is 0 Å². The molecule has 8 nitrogen and oxygen atoms in total. The summed E-state index contributed by atoms with van der Waals surface area (Å²) in [5, 5.41) is 10.5. The van der Waals surface area contributed by atoms with Crippen LogP contribution in [0.25, 0.3) is 0 Å². The number of benzene rings is 1. The molecule has 0 saturated heterocycles. The van der Waals surface area contributed by atoms with Gasteiger partial charge in [0.1, 0.15) is 4.92 Å². The second-order valence-corrected chi connectivity index (χ2v) is 4.68. The van der Waals surface area contributed by atoms with E-state index in [-0.39, 0.29) is 5.76 Å². The summed E-state index contributed by atoms with van der Waals surface area (Å²) in [7, 11) is 1.56. The Morgan fingerprint density at radius 1 is 1.22 bits per heavy atom. The first kappa shape index (κ1) is 16.2. The van der Waals surface area contributed by atoms with Gasteiger partial charge >= 0.3 is 11.9 Å². The topological polar surface area (TPSA) is 103 Å². The first-order chi connectivity index (χ1) is 10.9. The van der Waals surface area contributed by atoms with E-state index in [1.165, 1.54) is 11.8 Å². The van der Waals surface area contributed by atoms with Gasteiger partial charge in [0.25, 0.3) is 5.91 Å². The highest BCUT2D eigenvalue weighted by Crippen LogP contribution is 2.18. The number of nitro groups is 1. The Balaban J connectivity index is 2.02. The summed E-state index contributed by atoms with van der Waals surface area (Å²) in [4.78, 5) is 35.2. The molecule has 1 amide bonds. The average Bonchev–Trinajstić information content (AvgIpc) is 3.04. The van der Waals surface area contributed by atoms with E-state index < -0.39 is 28.8 Å². The molecule has 0 spiro atoms. The van der Waals surface area contributed by atoms with Crippen LogP contribution in [0, 0.1) is 10.1 Å². The van der Waals surface area contributed by atoms with Crippen LogP contribution < -0.4 is 4.90 Å². The maximum absolute atomic E-state index is 12.2. The lowest BCUT2D eigenvalue weighted by atomic mass is 10.2. The Morgan fingerprint density at radius 3 is 2.43 bits per heavy atom. The van der Waals surface area contributed by atoms with Gasteiger partial charge < -0.3 is 14.1 Å². The molecule has 2 rings (SSSR count). The summed E-state index contributed by atoms with van der Waals surface area (Å²) in [6.07, 6.45) is -1.07. The van der Waals surface area contributed by atoms with Crippen molar-refractivity contribution in [2.45, 2.75) is 13.0 Å².